The Balaban J connectivity index is 1.32. The highest BCUT2D eigenvalue weighted by molar-refractivity contribution is 8.06. The van der Waals surface area contributed by atoms with Gasteiger partial charge in [0.15, 0.2) is 0 Å². The van der Waals surface area contributed by atoms with Crippen LogP contribution in [0.1, 0.15) is 44.9 Å². The summed E-state index contributed by atoms with van der Waals surface area (Å²) in [5, 5.41) is 6.37. The van der Waals surface area contributed by atoms with E-state index in [1.807, 2.05) is 11.8 Å². The topological polar surface area (TPSA) is 118 Å². The molecule has 2 N–H and O–H groups in total. The van der Waals surface area contributed by atoms with Gasteiger partial charge in [-0.1, -0.05) is 18.2 Å². The van der Waals surface area contributed by atoms with Crippen molar-refractivity contribution in [1.82, 2.24) is 10.6 Å². The fraction of sp³-hybridized carbons (Fsp3) is 0.895. The third-order valence-corrected chi connectivity index (χ3v) is 9.16. The van der Waals surface area contributed by atoms with Crippen LogP contribution in [0.2, 0.25) is 0 Å². The predicted octanol–water partition coefficient (Wildman–Crippen LogP) is 1.48. The zero-order valence-electron chi connectivity index (χ0n) is 17.9. The summed E-state index contributed by atoms with van der Waals surface area (Å²) >= 11 is 6.72. The van der Waals surface area contributed by atoms with Gasteiger partial charge in [-0.25, -0.2) is 4.79 Å². The Hall–Kier alpha value is -0.260. The molecule has 2 amide bonds. The number of unbranched alkanes of at least 4 members (excludes halogenated alkanes) is 1. The molecule has 0 aromatic heterocycles. The van der Waals surface area contributed by atoms with Gasteiger partial charge in [-0.05, 0) is 19.3 Å². The van der Waals surface area contributed by atoms with E-state index in [0.717, 1.165) is 25.0 Å². The average molecular weight is 496 g/mol. The molecule has 0 spiro atoms. The number of methoxy groups -OCH3 is 1. The number of carbonyl (C=O) groups excluding carboxylic acids is 2. The summed E-state index contributed by atoms with van der Waals surface area (Å²) in [4.78, 5) is 35.7. The monoisotopic (exact) mass is 495 g/mol. The smallest absolute Gasteiger partial charge is 0.315 e. The third-order valence-electron chi connectivity index (χ3n) is 5.97. The minimum absolute atomic E-state index is 0.0669. The third kappa shape index (κ3) is 7.37. The second-order valence-corrected chi connectivity index (χ2v) is 12.3. The molecule has 31 heavy (non-hydrogen) atoms. The Bertz CT molecular complexity index is 686. The van der Waals surface area contributed by atoms with E-state index in [1.54, 1.807) is 7.11 Å². The number of nitrogens with one attached hydrogen (secondary N) is 2. The standard InChI is InChI=1S/C19H33N2O7PS2/c1-25-10-16-15(28-29(24,30)26-2)9-13(27-16)8-7-12(22)5-3-4-6-17-18-14(11-31-17)20-19(23)21-18/h13-18H,3-11H2,1-2H3,(H,24,30)(H2,20,21,23)/p-1/t13-,14-,15?,16+,17-,18-,29?/m0/s1. The van der Waals surface area contributed by atoms with Gasteiger partial charge in [0, 0.05) is 44.5 Å². The Labute approximate surface area is 192 Å². The number of amides is 2. The van der Waals surface area contributed by atoms with Crippen molar-refractivity contribution in [2.75, 3.05) is 26.6 Å². The first-order valence-corrected chi connectivity index (χ1v) is 14.3. The van der Waals surface area contributed by atoms with E-state index in [9.17, 15) is 14.5 Å². The normalized spacial score (nSPS) is 34.2. The number of carbonyl (C=O) groups is 2. The van der Waals surface area contributed by atoms with Gasteiger partial charge in [0.25, 0.3) is 0 Å². The SMILES string of the molecule is COC[C@H]1O[C@@H](CCC(=O)CCCC[C@@H]2SC[C@@H]3NC(=O)N[C@@H]32)CC1OP([O-])(=S)OC. The van der Waals surface area contributed by atoms with E-state index in [1.165, 1.54) is 7.11 Å². The highest BCUT2D eigenvalue weighted by atomic mass is 32.5. The molecule has 0 saturated carbocycles. The first-order valence-electron chi connectivity index (χ1n) is 10.7. The van der Waals surface area contributed by atoms with Crippen molar-refractivity contribution in [3.8, 4) is 0 Å². The zero-order valence-corrected chi connectivity index (χ0v) is 20.5. The van der Waals surface area contributed by atoms with Crippen LogP contribution in [0.4, 0.5) is 4.79 Å². The molecule has 0 aromatic rings. The minimum Gasteiger partial charge on any atom is -0.780 e. The Morgan fingerprint density at radius 1 is 1.29 bits per heavy atom. The van der Waals surface area contributed by atoms with Gasteiger partial charge < -0.3 is 34.0 Å². The summed E-state index contributed by atoms with van der Waals surface area (Å²) in [7, 11) is 2.82. The first-order chi connectivity index (χ1) is 14.8. The van der Waals surface area contributed by atoms with E-state index >= 15 is 0 Å². The lowest BCUT2D eigenvalue weighted by atomic mass is 10.0. The number of Topliss-reactive ketones (excluding diaryl/α,β-unsaturated/α-hetero) is 1. The number of thioether (sulfide) groups is 1. The number of hydrogen-bond acceptors (Lipinski definition) is 9. The van der Waals surface area contributed by atoms with Gasteiger partial charge in [-0.2, -0.15) is 11.8 Å². The predicted molar refractivity (Wildman–Crippen MR) is 120 cm³/mol. The van der Waals surface area contributed by atoms with Crippen molar-refractivity contribution in [2.24, 2.45) is 0 Å². The molecule has 3 aliphatic rings. The summed E-state index contributed by atoms with van der Waals surface area (Å²) in [6.07, 6.45) is 3.91. The molecule has 2 unspecified atom stereocenters. The van der Waals surface area contributed by atoms with Crippen LogP contribution in [0.3, 0.4) is 0 Å². The summed E-state index contributed by atoms with van der Waals surface area (Å²) in [5.41, 5.74) is 0. The highest BCUT2D eigenvalue weighted by Gasteiger charge is 2.42. The molecule has 7 atom stereocenters. The second-order valence-electron chi connectivity index (χ2n) is 8.21. The van der Waals surface area contributed by atoms with Crippen LogP contribution in [0.25, 0.3) is 0 Å². The molecule has 0 radical (unpaired) electrons. The van der Waals surface area contributed by atoms with Gasteiger partial charge >= 0.3 is 6.03 Å². The molecule has 0 bridgehead atoms. The summed E-state index contributed by atoms with van der Waals surface area (Å²) in [6, 6.07) is 0.387. The maximum atomic E-state index is 12.3. The molecule has 3 rings (SSSR count). The van der Waals surface area contributed by atoms with Gasteiger partial charge in [0.1, 0.15) is 18.6 Å². The summed E-state index contributed by atoms with van der Waals surface area (Å²) in [5.74, 6) is 1.17. The minimum atomic E-state index is -3.53. The summed E-state index contributed by atoms with van der Waals surface area (Å²) in [6.45, 7) is -3.24. The summed E-state index contributed by atoms with van der Waals surface area (Å²) < 4.78 is 21.3. The first kappa shape index (κ1) is 25.4. The van der Waals surface area contributed by atoms with Crippen molar-refractivity contribution in [2.45, 2.75) is 80.6 Å². The molecule has 9 nitrogen and oxygen atoms in total. The van der Waals surface area contributed by atoms with Gasteiger partial charge in [0.05, 0.1) is 30.9 Å². The van der Waals surface area contributed by atoms with E-state index in [-0.39, 0.29) is 36.1 Å². The Kier molecular flexibility index (Phi) is 9.61. The van der Waals surface area contributed by atoms with E-state index in [4.69, 9.17) is 30.3 Å². The van der Waals surface area contributed by atoms with Crippen LogP contribution in [0.5, 0.6) is 0 Å². The van der Waals surface area contributed by atoms with Crippen molar-refractivity contribution < 1.29 is 33.0 Å². The lowest BCUT2D eigenvalue weighted by Gasteiger charge is -2.30. The van der Waals surface area contributed by atoms with Crippen LogP contribution in [0.15, 0.2) is 0 Å². The van der Waals surface area contributed by atoms with Gasteiger partial charge in [-0.3, -0.25) is 4.79 Å². The lowest BCUT2D eigenvalue weighted by Crippen LogP contribution is -2.36. The largest absolute Gasteiger partial charge is 0.780 e. The van der Waals surface area contributed by atoms with Crippen LogP contribution in [0, 0.1) is 0 Å². The maximum absolute atomic E-state index is 12.3. The van der Waals surface area contributed by atoms with Crippen molar-refractivity contribution in [3.05, 3.63) is 0 Å². The number of rotatable bonds is 13. The highest BCUT2D eigenvalue weighted by Crippen LogP contribution is 2.43. The Morgan fingerprint density at radius 2 is 2.10 bits per heavy atom. The molecule has 0 aromatic carbocycles. The molecule has 12 heteroatoms. The van der Waals surface area contributed by atoms with Crippen molar-refractivity contribution in [3.63, 3.8) is 0 Å². The molecule has 0 aliphatic carbocycles. The molecular formula is C19H32N2O7PS2-. The van der Waals surface area contributed by atoms with Crippen LogP contribution in [-0.2, 0) is 35.1 Å². The number of urea groups is 1. The quantitative estimate of drug-likeness (QED) is 0.223. The molecular weight excluding hydrogens is 463 g/mol. The molecule has 3 fully saturated rings. The number of ketones is 1. The maximum Gasteiger partial charge on any atom is 0.315 e. The number of ether oxygens (including phenoxy) is 2. The van der Waals surface area contributed by atoms with E-state index < -0.39 is 12.8 Å². The molecule has 3 aliphatic heterocycles. The van der Waals surface area contributed by atoms with E-state index in [0.29, 0.717) is 37.5 Å². The fourth-order valence-corrected chi connectivity index (χ4v) is 6.89. The van der Waals surface area contributed by atoms with Gasteiger partial charge in [-0.15, -0.1) is 0 Å². The fourth-order valence-electron chi connectivity index (χ4n) is 4.38. The van der Waals surface area contributed by atoms with Crippen LogP contribution >= 0.6 is 18.5 Å². The van der Waals surface area contributed by atoms with Crippen LogP contribution < -0.4 is 15.5 Å². The van der Waals surface area contributed by atoms with Crippen molar-refractivity contribution in [1.29, 1.82) is 0 Å². The second kappa shape index (κ2) is 11.7. The van der Waals surface area contributed by atoms with Crippen molar-refractivity contribution >= 4 is 42.1 Å². The number of fused-ring (bicyclic) bond motifs is 1. The van der Waals surface area contributed by atoms with E-state index in [2.05, 4.69) is 10.6 Å². The number of hydrogen-bond donors (Lipinski definition) is 2. The Morgan fingerprint density at radius 3 is 2.84 bits per heavy atom. The lowest BCUT2D eigenvalue weighted by molar-refractivity contribution is -0.210. The van der Waals surface area contributed by atoms with Gasteiger partial charge in [0.2, 0.25) is 0 Å². The molecule has 3 heterocycles. The van der Waals surface area contributed by atoms with Crippen LogP contribution in [-0.4, -0.2) is 74.0 Å². The molecule has 3 saturated heterocycles. The molecule has 178 valence electrons. The zero-order chi connectivity index (χ0) is 22.4. The average Bonchev–Trinajstić information content (AvgIpc) is 3.39.